The second kappa shape index (κ2) is 9.08. The van der Waals surface area contributed by atoms with Crippen molar-refractivity contribution >= 4 is 11.8 Å². The van der Waals surface area contributed by atoms with Crippen molar-refractivity contribution in [2.75, 3.05) is 12.3 Å². The van der Waals surface area contributed by atoms with Gasteiger partial charge < -0.3 is 5.32 Å². The lowest BCUT2D eigenvalue weighted by Gasteiger charge is -2.08. The average molecular weight is 261 g/mol. The smallest absolute Gasteiger partial charge is 0.0205 e. The molecule has 98 valence electrons. The van der Waals surface area contributed by atoms with Crippen LogP contribution in [0.5, 0.6) is 0 Å². The van der Waals surface area contributed by atoms with Crippen LogP contribution in [0.2, 0.25) is 0 Å². The van der Waals surface area contributed by atoms with Gasteiger partial charge in [0, 0.05) is 23.6 Å². The van der Waals surface area contributed by atoms with E-state index in [2.05, 4.69) is 55.3 Å². The highest BCUT2D eigenvalue weighted by atomic mass is 32.2. The van der Waals surface area contributed by atoms with Crippen LogP contribution < -0.4 is 5.32 Å². The lowest BCUT2D eigenvalue weighted by Crippen LogP contribution is -2.18. The maximum absolute atomic E-state index is 3.46. The fourth-order valence-corrected chi connectivity index (χ4v) is 2.32. The second-order valence-electron chi connectivity index (χ2n) is 4.69. The van der Waals surface area contributed by atoms with Gasteiger partial charge in [0.05, 0.1) is 0 Å². The molecule has 0 unspecified atom stereocenters. The van der Waals surface area contributed by atoms with Gasteiger partial charge in [0.15, 0.2) is 0 Å². The highest BCUT2D eigenvalue weighted by Gasteiger charge is 1.97. The van der Waals surface area contributed by atoms with Gasteiger partial charge in [0.2, 0.25) is 0 Å². The molecular weight excluding hydrogens is 238 g/mol. The van der Waals surface area contributed by atoms with E-state index in [9.17, 15) is 0 Å². The van der Waals surface area contributed by atoms with Crippen molar-refractivity contribution in [2.24, 2.45) is 5.92 Å². The molecule has 18 heavy (non-hydrogen) atoms. The van der Waals surface area contributed by atoms with Crippen LogP contribution >= 0.6 is 11.8 Å². The first-order chi connectivity index (χ1) is 8.72. The molecule has 0 amide bonds. The molecule has 0 saturated heterocycles. The molecule has 2 heteroatoms. The number of thioether (sulfide) groups is 1. The zero-order chi connectivity index (χ0) is 13.2. The molecule has 0 spiro atoms. The molecule has 0 aromatic heterocycles. The molecule has 0 atom stereocenters. The summed E-state index contributed by atoms with van der Waals surface area (Å²) in [6.45, 7) is 8.39. The molecule has 0 bridgehead atoms. The summed E-state index contributed by atoms with van der Waals surface area (Å²) in [5.41, 5.74) is 1.35. The van der Waals surface area contributed by atoms with Gasteiger partial charge in [0.25, 0.3) is 0 Å². The van der Waals surface area contributed by atoms with Crippen LogP contribution in [0.1, 0.15) is 32.8 Å². The Bertz CT molecular complexity index is 384. The van der Waals surface area contributed by atoms with Gasteiger partial charge in [0.1, 0.15) is 0 Å². The van der Waals surface area contributed by atoms with Gasteiger partial charge in [-0.3, -0.25) is 0 Å². The summed E-state index contributed by atoms with van der Waals surface area (Å²) in [6, 6.07) is 8.83. The van der Waals surface area contributed by atoms with Crippen molar-refractivity contribution in [2.45, 2.75) is 38.6 Å². The van der Waals surface area contributed by atoms with Crippen LogP contribution in [0, 0.1) is 17.8 Å². The third-order valence-electron chi connectivity index (χ3n) is 2.48. The first kappa shape index (κ1) is 15.1. The predicted molar refractivity (Wildman–Crippen MR) is 81.8 cm³/mol. The van der Waals surface area contributed by atoms with Crippen molar-refractivity contribution in [3.8, 4) is 11.8 Å². The minimum absolute atomic E-state index is 0.708. The summed E-state index contributed by atoms with van der Waals surface area (Å²) in [6.07, 6.45) is 0.971. The Morgan fingerprint density at radius 2 is 1.94 bits per heavy atom. The zero-order valence-corrected chi connectivity index (χ0v) is 12.4. The molecule has 0 saturated carbocycles. The molecule has 0 aliphatic rings. The molecule has 0 radical (unpaired) electrons. The van der Waals surface area contributed by atoms with Crippen LogP contribution in [-0.4, -0.2) is 12.3 Å². The Morgan fingerprint density at radius 3 is 2.56 bits per heavy atom. The van der Waals surface area contributed by atoms with E-state index in [0.29, 0.717) is 5.92 Å². The van der Waals surface area contributed by atoms with E-state index >= 15 is 0 Å². The topological polar surface area (TPSA) is 12.0 Å². The van der Waals surface area contributed by atoms with Crippen molar-refractivity contribution in [1.29, 1.82) is 0 Å². The standard InChI is InChI=1S/C16H23NS/c1-4-5-6-11-18-16-9-7-15(8-10-16)13-17-12-14(2)3/h7-10,14,17H,6,11-13H2,1-3H3. The first-order valence-corrected chi connectivity index (χ1v) is 7.53. The Kier molecular flexibility index (Phi) is 7.64. The molecule has 0 aliphatic carbocycles. The third kappa shape index (κ3) is 6.74. The molecule has 1 rings (SSSR count). The largest absolute Gasteiger partial charge is 0.312 e. The number of rotatable bonds is 7. The van der Waals surface area contributed by atoms with Gasteiger partial charge in [-0.25, -0.2) is 0 Å². The van der Waals surface area contributed by atoms with E-state index in [1.54, 1.807) is 0 Å². The van der Waals surface area contributed by atoms with Crippen LogP contribution in [-0.2, 0) is 6.54 Å². The van der Waals surface area contributed by atoms with Crippen LogP contribution in [0.4, 0.5) is 0 Å². The van der Waals surface area contributed by atoms with E-state index in [1.807, 2.05) is 18.7 Å². The Hall–Kier alpha value is -0.910. The van der Waals surface area contributed by atoms with E-state index < -0.39 is 0 Å². The van der Waals surface area contributed by atoms with Crippen LogP contribution in [0.3, 0.4) is 0 Å². The van der Waals surface area contributed by atoms with E-state index in [1.165, 1.54) is 10.5 Å². The first-order valence-electron chi connectivity index (χ1n) is 6.54. The van der Waals surface area contributed by atoms with Gasteiger partial charge in [-0.1, -0.05) is 26.0 Å². The van der Waals surface area contributed by atoms with Crippen molar-refractivity contribution < 1.29 is 0 Å². The van der Waals surface area contributed by atoms with Gasteiger partial charge >= 0.3 is 0 Å². The maximum atomic E-state index is 3.46. The fourth-order valence-electron chi connectivity index (χ4n) is 1.55. The molecule has 1 N–H and O–H groups in total. The second-order valence-corrected chi connectivity index (χ2v) is 5.86. The zero-order valence-electron chi connectivity index (χ0n) is 11.6. The normalized spacial score (nSPS) is 10.2. The third-order valence-corrected chi connectivity index (χ3v) is 3.49. The summed E-state index contributed by atoms with van der Waals surface area (Å²) in [5, 5.41) is 3.46. The molecular formula is C16H23NS. The number of nitrogens with one attached hydrogen (secondary N) is 1. The quantitative estimate of drug-likeness (QED) is 0.453. The van der Waals surface area contributed by atoms with Gasteiger partial charge in [-0.05, 0) is 37.1 Å². The molecule has 0 fully saturated rings. The minimum Gasteiger partial charge on any atom is -0.312 e. The van der Waals surface area contributed by atoms with Gasteiger partial charge in [-0.15, -0.1) is 23.6 Å². The van der Waals surface area contributed by atoms with Crippen molar-refractivity contribution in [1.82, 2.24) is 5.32 Å². The fraction of sp³-hybridized carbons (Fsp3) is 0.500. The van der Waals surface area contributed by atoms with E-state index in [4.69, 9.17) is 0 Å². The molecule has 1 aromatic rings. The highest BCUT2D eigenvalue weighted by molar-refractivity contribution is 7.99. The van der Waals surface area contributed by atoms with Crippen molar-refractivity contribution in [3.63, 3.8) is 0 Å². The highest BCUT2D eigenvalue weighted by Crippen LogP contribution is 2.19. The molecule has 1 aromatic carbocycles. The monoisotopic (exact) mass is 261 g/mol. The number of hydrogen-bond donors (Lipinski definition) is 1. The predicted octanol–water partition coefficient (Wildman–Crippen LogP) is 3.94. The Labute approximate surface area is 116 Å². The van der Waals surface area contributed by atoms with Gasteiger partial charge in [-0.2, -0.15) is 0 Å². The van der Waals surface area contributed by atoms with E-state index in [-0.39, 0.29) is 0 Å². The Balaban J connectivity index is 2.30. The molecule has 0 heterocycles. The van der Waals surface area contributed by atoms with Crippen LogP contribution in [0.25, 0.3) is 0 Å². The number of benzene rings is 1. The summed E-state index contributed by atoms with van der Waals surface area (Å²) >= 11 is 1.87. The maximum Gasteiger partial charge on any atom is 0.0205 e. The van der Waals surface area contributed by atoms with E-state index in [0.717, 1.165) is 25.3 Å². The minimum atomic E-state index is 0.708. The summed E-state index contributed by atoms with van der Waals surface area (Å²) in [5.74, 6) is 7.79. The van der Waals surface area contributed by atoms with Crippen molar-refractivity contribution in [3.05, 3.63) is 29.8 Å². The lowest BCUT2D eigenvalue weighted by atomic mass is 10.2. The molecule has 1 nitrogen and oxygen atoms in total. The summed E-state index contributed by atoms with van der Waals surface area (Å²) in [4.78, 5) is 1.33. The Morgan fingerprint density at radius 1 is 1.22 bits per heavy atom. The summed E-state index contributed by atoms with van der Waals surface area (Å²) < 4.78 is 0. The summed E-state index contributed by atoms with van der Waals surface area (Å²) in [7, 11) is 0. The average Bonchev–Trinajstić information content (AvgIpc) is 2.36. The van der Waals surface area contributed by atoms with Crippen LogP contribution in [0.15, 0.2) is 29.2 Å². The lowest BCUT2D eigenvalue weighted by molar-refractivity contribution is 0.552. The number of hydrogen-bond acceptors (Lipinski definition) is 2. The molecule has 0 aliphatic heterocycles. The SMILES string of the molecule is CC#CCCSc1ccc(CNCC(C)C)cc1.